The molecule has 2 saturated heterocycles. The highest BCUT2D eigenvalue weighted by molar-refractivity contribution is 6.11. The number of hydrogen-bond acceptors (Lipinski definition) is 3. The molecule has 0 bridgehead atoms. The minimum atomic E-state index is -0.914. The number of piperidine rings is 1. The minimum absolute atomic E-state index is 0.0513. The Kier molecular flexibility index (Phi) is 4.38. The van der Waals surface area contributed by atoms with Crippen molar-refractivity contribution in [3.05, 3.63) is 77.4 Å². The summed E-state index contributed by atoms with van der Waals surface area (Å²) in [5, 5.41) is 2.77. The molecule has 3 heterocycles. The average Bonchev–Trinajstić information content (AvgIpc) is 3.46. The van der Waals surface area contributed by atoms with Crippen LogP contribution in [0, 0.1) is 0 Å². The Hall–Kier alpha value is -3.38. The molecule has 1 spiro atoms. The number of urea groups is 1. The third-order valence-electron chi connectivity index (χ3n) is 8.93. The van der Waals surface area contributed by atoms with E-state index in [4.69, 9.17) is 0 Å². The molecular formula is C29H30N4O2. The van der Waals surface area contributed by atoms with E-state index in [-0.39, 0.29) is 18.0 Å². The van der Waals surface area contributed by atoms with Crippen LogP contribution in [0.1, 0.15) is 35.6 Å². The highest BCUT2D eigenvalue weighted by atomic mass is 16.2. The van der Waals surface area contributed by atoms with Gasteiger partial charge in [-0.3, -0.25) is 9.69 Å². The molecule has 0 N–H and O–H groups in total. The van der Waals surface area contributed by atoms with E-state index in [1.54, 1.807) is 23.9 Å². The number of likely N-dealkylation sites (tertiary alicyclic amines) is 1. The van der Waals surface area contributed by atoms with E-state index in [2.05, 4.69) is 47.4 Å². The van der Waals surface area contributed by atoms with Gasteiger partial charge < -0.3 is 14.7 Å². The van der Waals surface area contributed by atoms with Crippen molar-refractivity contribution in [2.75, 3.05) is 38.6 Å². The normalized spacial score (nSPS) is 26.6. The highest BCUT2D eigenvalue weighted by Crippen LogP contribution is 2.49. The van der Waals surface area contributed by atoms with Gasteiger partial charge in [0.15, 0.2) is 5.54 Å². The van der Waals surface area contributed by atoms with E-state index in [0.717, 1.165) is 43.6 Å². The van der Waals surface area contributed by atoms with Crippen molar-refractivity contribution in [1.29, 1.82) is 0 Å². The molecule has 3 aromatic rings. The largest absolute Gasteiger partial charge is 0.324 e. The Morgan fingerprint density at radius 3 is 2.37 bits per heavy atom. The van der Waals surface area contributed by atoms with Crippen LogP contribution in [0.5, 0.6) is 0 Å². The van der Waals surface area contributed by atoms with Gasteiger partial charge in [-0.2, -0.15) is 0 Å². The maximum absolute atomic E-state index is 14.1. The Bertz CT molecular complexity index is 1370. The quantitative estimate of drug-likeness (QED) is 0.570. The van der Waals surface area contributed by atoms with E-state index in [9.17, 15) is 9.59 Å². The topological polar surface area (TPSA) is 47.1 Å². The Morgan fingerprint density at radius 2 is 1.63 bits per heavy atom. The lowest BCUT2D eigenvalue weighted by Crippen LogP contribution is -2.54. The van der Waals surface area contributed by atoms with Crippen molar-refractivity contribution in [2.45, 2.75) is 36.9 Å². The fourth-order valence-corrected chi connectivity index (χ4v) is 7.23. The maximum atomic E-state index is 14.1. The third kappa shape index (κ3) is 2.69. The lowest BCUT2D eigenvalue weighted by Gasteiger charge is -2.40. The summed E-state index contributed by atoms with van der Waals surface area (Å²) in [6.07, 6.45) is 2.94. The Morgan fingerprint density at radius 1 is 0.886 bits per heavy atom. The summed E-state index contributed by atoms with van der Waals surface area (Å²) in [5.74, 6) is 0.0513. The second-order valence-corrected chi connectivity index (χ2v) is 10.6. The minimum Gasteiger partial charge on any atom is -0.324 e. The summed E-state index contributed by atoms with van der Waals surface area (Å²) < 4.78 is 0. The third-order valence-corrected chi connectivity index (χ3v) is 8.93. The molecule has 3 amide bonds. The van der Waals surface area contributed by atoms with Gasteiger partial charge in [0.05, 0.1) is 12.2 Å². The SMILES string of the molecule is CN1CC2(C(=O)N(C3CCN(C4Cc5cccc6cccc4c56)CC3)c3ccccc32)N(C)C1=O. The van der Waals surface area contributed by atoms with Crippen molar-refractivity contribution in [3.63, 3.8) is 0 Å². The lowest BCUT2D eigenvalue weighted by atomic mass is 9.91. The lowest BCUT2D eigenvalue weighted by molar-refractivity contribution is -0.127. The van der Waals surface area contributed by atoms with Crippen molar-refractivity contribution < 1.29 is 9.59 Å². The van der Waals surface area contributed by atoms with E-state index in [1.807, 2.05) is 23.1 Å². The van der Waals surface area contributed by atoms with Gasteiger partial charge in [0.25, 0.3) is 5.91 Å². The average molecular weight is 467 g/mol. The number of para-hydroxylation sites is 1. The number of amides is 3. The smallest absolute Gasteiger partial charge is 0.320 e. The summed E-state index contributed by atoms with van der Waals surface area (Å²) in [7, 11) is 3.55. The number of likely N-dealkylation sites (N-methyl/N-ethyl adjacent to an activating group) is 2. The summed E-state index contributed by atoms with van der Waals surface area (Å²) >= 11 is 0. The number of carbonyl (C=O) groups is 2. The molecule has 1 aliphatic carbocycles. The molecule has 3 aliphatic heterocycles. The molecule has 0 radical (unpaired) electrons. The zero-order valence-electron chi connectivity index (χ0n) is 20.3. The summed E-state index contributed by atoms with van der Waals surface area (Å²) in [4.78, 5) is 34.8. The number of hydrogen-bond donors (Lipinski definition) is 0. The summed E-state index contributed by atoms with van der Waals surface area (Å²) in [6.45, 7) is 2.33. The molecule has 178 valence electrons. The van der Waals surface area contributed by atoms with Crippen LogP contribution in [0.25, 0.3) is 10.8 Å². The fourth-order valence-electron chi connectivity index (χ4n) is 7.23. The number of carbonyl (C=O) groups excluding carboxylic acids is 2. The van der Waals surface area contributed by atoms with E-state index in [1.165, 1.54) is 21.9 Å². The summed E-state index contributed by atoms with van der Waals surface area (Å²) in [6, 6.07) is 21.9. The van der Waals surface area contributed by atoms with Gasteiger partial charge in [0.1, 0.15) is 0 Å². The molecule has 2 fully saturated rings. The van der Waals surface area contributed by atoms with E-state index >= 15 is 0 Å². The first kappa shape index (κ1) is 20.9. The zero-order valence-corrected chi connectivity index (χ0v) is 20.3. The van der Waals surface area contributed by atoms with Gasteiger partial charge in [0, 0.05) is 44.8 Å². The molecule has 0 aromatic heterocycles. The van der Waals surface area contributed by atoms with Gasteiger partial charge in [-0.05, 0) is 47.2 Å². The number of fused-ring (bicyclic) bond motifs is 2. The number of benzene rings is 3. The number of rotatable bonds is 2. The van der Waals surface area contributed by atoms with Crippen LogP contribution in [0.3, 0.4) is 0 Å². The first-order valence-electron chi connectivity index (χ1n) is 12.7. The van der Waals surface area contributed by atoms with Gasteiger partial charge in [0.2, 0.25) is 0 Å². The molecule has 6 heteroatoms. The van der Waals surface area contributed by atoms with Crippen LogP contribution in [0.4, 0.5) is 10.5 Å². The first-order chi connectivity index (χ1) is 17.0. The first-order valence-corrected chi connectivity index (χ1v) is 12.7. The molecule has 4 aliphatic rings. The molecule has 2 atom stereocenters. The van der Waals surface area contributed by atoms with Gasteiger partial charge in [-0.15, -0.1) is 0 Å². The standard InChI is InChI=1S/C29H30N4O2/c1-30-18-29(31(2)28(30)35)23-11-3-4-12-24(23)33(27(29)34)21-13-15-32(16-14-21)25-17-20-9-5-7-19-8-6-10-22(25)26(19)20/h3-12,21,25H,13-18H2,1-2H3. The summed E-state index contributed by atoms with van der Waals surface area (Å²) in [5.41, 5.74) is 3.93. The van der Waals surface area contributed by atoms with Crippen LogP contribution in [0.2, 0.25) is 0 Å². The molecule has 35 heavy (non-hydrogen) atoms. The van der Waals surface area contributed by atoms with Crippen LogP contribution < -0.4 is 4.90 Å². The van der Waals surface area contributed by atoms with Gasteiger partial charge in [-0.25, -0.2) is 4.79 Å². The molecule has 2 unspecified atom stereocenters. The van der Waals surface area contributed by atoms with Crippen LogP contribution in [-0.4, -0.2) is 66.4 Å². The van der Waals surface area contributed by atoms with Crippen LogP contribution in [-0.2, 0) is 16.8 Å². The van der Waals surface area contributed by atoms with E-state index in [0.29, 0.717) is 12.6 Å². The predicted molar refractivity (Wildman–Crippen MR) is 136 cm³/mol. The second kappa shape index (κ2) is 7.31. The zero-order chi connectivity index (χ0) is 23.9. The predicted octanol–water partition coefficient (Wildman–Crippen LogP) is 4.14. The maximum Gasteiger partial charge on any atom is 0.320 e. The Balaban J connectivity index is 1.16. The van der Waals surface area contributed by atoms with Gasteiger partial charge in [-0.1, -0.05) is 54.6 Å². The fraction of sp³-hybridized carbons (Fsp3) is 0.379. The second-order valence-electron chi connectivity index (χ2n) is 10.6. The number of nitrogens with zero attached hydrogens (tertiary/aromatic N) is 4. The number of anilines is 1. The van der Waals surface area contributed by atoms with Crippen LogP contribution in [0.15, 0.2) is 60.7 Å². The van der Waals surface area contributed by atoms with Crippen molar-refractivity contribution in [1.82, 2.24) is 14.7 Å². The van der Waals surface area contributed by atoms with E-state index < -0.39 is 5.54 Å². The molecular weight excluding hydrogens is 436 g/mol. The van der Waals surface area contributed by atoms with Gasteiger partial charge >= 0.3 is 6.03 Å². The molecule has 0 saturated carbocycles. The highest BCUT2D eigenvalue weighted by Gasteiger charge is 2.61. The Labute approximate surface area is 205 Å². The van der Waals surface area contributed by atoms with Crippen molar-refractivity contribution >= 4 is 28.4 Å². The van der Waals surface area contributed by atoms with Crippen LogP contribution >= 0.6 is 0 Å². The molecule has 6 nitrogen and oxygen atoms in total. The molecule has 7 rings (SSSR count). The van der Waals surface area contributed by atoms with Crippen molar-refractivity contribution in [3.8, 4) is 0 Å². The van der Waals surface area contributed by atoms with Crippen molar-refractivity contribution in [2.24, 2.45) is 0 Å². The monoisotopic (exact) mass is 466 g/mol. The molecule has 3 aromatic carbocycles.